The summed E-state index contributed by atoms with van der Waals surface area (Å²) >= 11 is 0. The number of carboxylic acid groups (broad SMARTS) is 1. The highest BCUT2D eigenvalue weighted by molar-refractivity contribution is 5.69. The summed E-state index contributed by atoms with van der Waals surface area (Å²) in [7, 11) is 0. The summed E-state index contributed by atoms with van der Waals surface area (Å²) in [5.74, 6) is 0.720. The Morgan fingerprint density at radius 1 is 1.46 bits per heavy atom. The highest BCUT2D eigenvalue weighted by Crippen LogP contribution is 2.31. The molecule has 124 valence electrons. The molecule has 2 fully saturated rings. The van der Waals surface area contributed by atoms with Gasteiger partial charge in [-0.2, -0.15) is 14.9 Å². The number of carbonyl (C=O) groups is 1. The molecule has 0 amide bonds. The number of fused-ring (bicyclic) bond motifs is 1. The number of hydrogen-bond donors (Lipinski definition) is 2. The fourth-order valence-corrected chi connectivity index (χ4v) is 3.27. The van der Waals surface area contributed by atoms with Gasteiger partial charge in [0.15, 0.2) is 5.65 Å². The van der Waals surface area contributed by atoms with Gasteiger partial charge in [0.2, 0.25) is 0 Å². The summed E-state index contributed by atoms with van der Waals surface area (Å²) in [5, 5.41) is 26.1. The van der Waals surface area contributed by atoms with E-state index in [1.807, 2.05) is 11.0 Å². The van der Waals surface area contributed by atoms with E-state index in [2.05, 4.69) is 21.5 Å². The van der Waals surface area contributed by atoms with Crippen molar-refractivity contribution in [1.29, 1.82) is 5.26 Å². The molecule has 0 aromatic carbocycles. The number of carboxylic acids is 1. The first-order valence-corrected chi connectivity index (χ1v) is 8.19. The number of anilines is 2. The minimum Gasteiger partial charge on any atom is -0.481 e. The lowest BCUT2D eigenvalue weighted by molar-refractivity contribution is -0.137. The lowest BCUT2D eigenvalue weighted by Crippen LogP contribution is -2.32. The van der Waals surface area contributed by atoms with Gasteiger partial charge >= 0.3 is 5.97 Å². The second-order valence-electron chi connectivity index (χ2n) is 6.41. The molecule has 3 heterocycles. The number of aromatic nitrogens is 3. The van der Waals surface area contributed by atoms with Gasteiger partial charge in [0.05, 0.1) is 12.6 Å². The fourth-order valence-electron chi connectivity index (χ4n) is 3.27. The summed E-state index contributed by atoms with van der Waals surface area (Å²) < 4.78 is 1.66. The lowest BCUT2D eigenvalue weighted by Gasteiger charge is -2.25. The largest absolute Gasteiger partial charge is 0.481 e. The number of nitriles is 1. The first-order chi connectivity index (χ1) is 11.7. The molecule has 0 unspecified atom stereocenters. The monoisotopic (exact) mass is 326 g/mol. The van der Waals surface area contributed by atoms with Gasteiger partial charge in [0, 0.05) is 24.7 Å². The minimum atomic E-state index is -0.800. The summed E-state index contributed by atoms with van der Waals surface area (Å²) in [4.78, 5) is 17.8. The van der Waals surface area contributed by atoms with Gasteiger partial charge in [-0.05, 0) is 25.7 Å². The van der Waals surface area contributed by atoms with Crippen molar-refractivity contribution in [1.82, 2.24) is 14.6 Å². The normalized spacial score (nSPS) is 20.3. The van der Waals surface area contributed by atoms with Crippen molar-refractivity contribution in [2.45, 2.75) is 44.2 Å². The topological polar surface area (TPSA) is 107 Å². The van der Waals surface area contributed by atoms with E-state index in [4.69, 9.17) is 5.11 Å². The molecular formula is C16H18N6O2. The Bertz CT molecular complexity index is 835. The van der Waals surface area contributed by atoms with Gasteiger partial charge in [0.25, 0.3) is 0 Å². The number of nitrogens with one attached hydrogen (secondary N) is 1. The maximum atomic E-state index is 11.1. The lowest BCUT2D eigenvalue weighted by atomic mass is 10.1. The summed E-state index contributed by atoms with van der Waals surface area (Å²) in [6.07, 6.45) is 5.65. The smallest absolute Gasteiger partial charge is 0.305 e. The summed E-state index contributed by atoms with van der Waals surface area (Å²) in [6.45, 7) is 0.778. The van der Waals surface area contributed by atoms with E-state index >= 15 is 0 Å². The van der Waals surface area contributed by atoms with Gasteiger partial charge in [-0.25, -0.2) is 4.98 Å². The number of rotatable bonds is 5. The Kier molecular flexibility index (Phi) is 3.49. The molecule has 1 aliphatic heterocycles. The first kappa shape index (κ1) is 14.8. The van der Waals surface area contributed by atoms with Crippen molar-refractivity contribution in [2.24, 2.45) is 0 Å². The second kappa shape index (κ2) is 5.67. The van der Waals surface area contributed by atoms with E-state index in [9.17, 15) is 10.1 Å². The van der Waals surface area contributed by atoms with Crippen LogP contribution in [0.15, 0.2) is 12.3 Å². The maximum Gasteiger partial charge on any atom is 0.305 e. The van der Waals surface area contributed by atoms with Crippen molar-refractivity contribution in [2.75, 3.05) is 16.8 Å². The molecule has 1 saturated heterocycles. The molecule has 24 heavy (non-hydrogen) atoms. The Morgan fingerprint density at radius 2 is 2.29 bits per heavy atom. The number of aliphatic carboxylic acids is 1. The maximum absolute atomic E-state index is 11.1. The molecule has 1 aliphatic carbocycles. The molecule has 8 nitrogen and oxygen atoms in total. The van der Waals surface area contributed by atoms with E-state index in [0.29, 0.717) is 23.1 Å². The van der Waals surface area contributed by atoms with E-state index in [1.165, 1.54) is 6.20 Å². The van der Waals surface area contributed by atoms with Crippen molar-refractivity contribution in [3.63, 3.8) is 0 Å². The van der Waals surface area contributed by atoms with Crippen LogP contribution in [0.3, 0.4) is 0 Å². The molecule has 8 heteroatoms. The van der Waals surface area contributed by atoms with Crippen LogP contribution in [-0.4, -0.2) is 44.3 Å². The molecular weight excluding hydrogens is 308 g/mol. The van der Waals surface area contributed by atoms with E-state index in [1.54, 1.807) is 4.52 Å². The Hall–Kier alpha value is -2.82. The van der Waals surface area contributed by atoms with Crippen LogP contribution in [-0.2, 0) is 4.79 Å². The zero-order chi connectivity index (χ0) is 16.7. The fraction of sp³-hybridized carbons (Fsp3) is 0.500. The van der Waals surface area contributed by atoms with Gasteiger partial charge in [-0.15, -0.1) is 0 Å². The highest BCUT2D eigenvalue weighted by atomic mass is 16.4. The van der Waals surface area contributed by atoms with E-state index < -0.39 is 5.97 Å². The summed E-state index contributed by atoms with van der Waals surface area (Å²) in [5.41, 5.74) is 0.934. The molecule has 2 aromatic heterocycles. The molecule has 2 aromatic rings. The molecule has 2 aliphatic rings. The molecule has 0 spiro atoms. The van der Waals surface area contributed by atoms with Crippen LogP contribution in [0, 0.1) is 11.3 Å². The SMILES string of the molecule is N#Cc1cnn2c(NC3CC3)cc(N3CCC[C@H]3CC(=O)O)nc12. The molecule has 1 atom stereocenters. The minimum absolute atomic E-state index is 0.0558. The van der Waals surface area contributed by atoms with Crippen molar-refractivity contribution in [3.05, 3.63) is 17.8 Å². The number of nitrogens with zero attached hydrogens (tertiary/aromatic N) is 5. The summed E-state index contributed by atoms with van der Waals surface area (Å²) in [6, 6.07) is 4.42. The molecule has 4 rings (SSSR count). The third-order valence-corrected chi connectivity index (χ3v) is 4.59. The average molecular weight is 326 g/mol. The van der Waals surface area contributed by atoms with Gasteiger partial charge in [-0.3, -0.25) is 4.79 Å². The van der Waals surface area contributed by atoms with Crippen molar-refractivity contribution >= 4 is 23.3 Å². The average Bonchev–Trinajstić information content (AvgIpc) is 3.08. The quantitative estimate of drug-likeness (QED) is 0.859. The van der Waals surface area contributed by atoms with E-state index in [0.717, 1.165) is 38.0 Å². The van der Waals surface area contributed by atoms with E-state index in [-0.39, 0.29) is 12.5 Å². The van der Waals surface area contributed by atoms with Crippen molar-refractivity contribution in [3.8, 4) is 6.07 Å². The first-order valence-electron chi connectivity index (χ1n) is 8.19. The standard InChI is InChI=1S/C16H18N6O2/c17-8-10-9-18-22-14(19-11-3-4-11)7-13(20-16(10)22)21-5-1-2-12(21)6-15(23)24/h7,9,11-12,19H,1-6H2,(H,23,24)/t12-/m0/s1. The zero-order valence-corrected chi connectivity index (χ0v) is 13.1. The van der Waals surface area contributed by atoms with Gasteiger partial charge < -0.3 is 15.3 Å². The van der Waals surface area contributed by atoms with Crippen molar-refractivity contribution < 1.29 is 9.90 Å². The van der Waals surface area contributed by atoms with Crippen LogP contribution >= 0.6 is 0 Å². The third-order valence-electron chi connectivity index (χ3n) is 4.59. The van der Waals surface area contributed by atoms with Crippen LogP contribution in [0.2, 0.25) is 0 Å². The molecule has 0 bridgehead atoms. The number of hydrogen-bond acceptors (Lipinski definition) is 6. The predicted octanol–water partition coefficient (Wildman–Crippen LogP) is 1.62. The van der Waals surface area contributed by atoms with Gasteiger partial charge in [0.1, 0.15) is 23.3 Å². The van der Waals surface area contributed by atoms with Crippen LogP contribution in [0.1, 0.15) is 37.7 Å². The Balaban J connectivity index is 1.76. The molecule has 0 radical (unpaired) electrons. The van der Waals surface area contributed by atoms with Crippen LogP contribution in [0.25, 0.3) is 5.65 Å². The Labute approximate surface area is 138 Å². The molecule has 2 N–H and O–H groups in total. The highest BCUT2D eigenvalue weighted by Gasteiger charge is 2.29. The molecule has 1 saturated carbocycles. The second-order valence-corrected chi connectivity index (χ2v) is 6.41. The Morgan fingerprint density at radius 3 is 3.00 bits per heavy atom. The predicted molar refractivity (Wildman–Crippen MR) is 87.0 cm³/mol. The third kappa shape index (κ3) is 2.62. The van der Waals surface area contributed by atoms with Crippen LogP contribution in [0.4, 0.5) is 11.6 Å². The zero-order valence-electron chi connectivity index (χ0n) is 13.1. The van der Waals surface area contributed by atoms with Crippen LogP contribution < -0.4 is 10.2 Å². The van der Waals surface area contributed by atoms with Gasteiger partial charge in [-0.1, -0.05) is 0 Å². The van der Waals surface area contributed by atoms with Crippen LogP contribution in [0.5, 0.6) is 0 Å².